The average Bonchev–Trinajstić information content (AvgIpc) is 2.86. The highest BCUT2D eigenvalue weighted by Gasteiger charge is 2.19. The highest BCUT2D eigenvalue weighted by atomic mass is 35.5. The number of ether oxygens (including phenoxy) is 1. The van der Waals surface area contributed by atoms with Gasteiger partial charge in [-0.3, -0.25) is 4.79 Å². The van der Waals surface area contributed by atoms with Crippen LogP contribution < -0.4 is 10.9 Å². The lowest BCUT2D eigenvalue weighted by Crippen LogP contribution is -2.24. The van der Waals surface area contributed by atoms with E-state index in [9.17, 15) is 4.79 Å². The van der Waals surface area contributed by atoms with Crippen LogP contribution >= 0.6 is 11.6 Å². The Bertz CT molecular complexity index is 1430. The first-order valence-electron chi connectivity index (χ1n) is 10.7. The first-order valence-corrected chi connectivity index (χ1v) is 11.1. The van der Waals surface area contributed by atoms with Crippen molar-refractivity contribution in [2.75, 3.05) is 25.1 Å². The standard InChI is InChI=1S/C25H21ClFN5O2/c1-2-34-12-11-29-24-21(26)13-20(23(27)30-24)22-18-5-3-4-6-19(18)25(33)32(31-22)15-17-9-7-16(14-28)8-10-17/h3-10,13H,2,11-12,15H2,1H3,(H,29,30). The third-order valence-corrected chi connectivity index (χ3v) is 5.50. The summed E-state index contributed by atoms with van der Waals surface area (Å²) < 4.78 is 21.7. The number of anilines is 1. The fourth-order valence-corrected chi connectivity index (χ4v) is 3.76. The van der Waals surface area contributed by atoms with Gasteiger partial charge in [-0.05, 0) is 36.8 Å². The van der Waals surface area contributed by atoms with Crippen molar-refractivity contribution in [3.05, 3.63) is 87.0 Å². The van der Waals surface area contributed by atoms with Crippen LogP contribution in [0, 0.1) is 17.3 Å². The molecule has 0 radical (unpaired) electrons. The van der Waals surface area contributed by atoms with Gasteiger partial charge in [0.15, 0.2) is 0 Å². The second kappa shape index (κ2) is 10.4. The molecule has 0 aliphatic heterocycles. The number of aromatic nitrogens is 3. The highest BCUT2D eigenvalue weighted by molar-refractivity contribution is 6.33. The van der Waals surface area contributed by atoms with Gasteiger partial charge >= 0.3 is 0 Å². The van der Waals surface area contributed by atoms with E-state index in [2.05, 4.69) is 21.5 Å². The van der Waals surface area contributed by atoms with Gasteiger partial charge in [-0.25, -0.2) is 9.67 Å². The van der Waals surface area contributed by atoms with Crippen LogP contribution in [0.3, 0.4) is 0 Å². The van der Waals surface area contributed by atoms with Crippen LogP contribution in [-0.4, -0.2) is 34.5 Å². The van der Waals surface area contributed by atoms with Gasteiger partial charge in [-0.2, -0.15) is 14.8 Å². The number of halogens is 2. The first-order chi connectivity index (χ1) is 16.5. The van der Waals surface area contributed by atoms with E-state index in [1.165, 1.54) is 10.7 Å². The molecule has 0 aliphatic carbocycles. The summed E-state index contributed by atoms with van der Waals surface area (Å²) in [6.45, 7) is 3.48. The summed E-state index contributed by atoms with van der Waals surface area (Å²) in [7, 11) is 0. The molecule has 0 unspecified atom stereocenters. The van der Waals surface area contributed by atoms with Crippen LogP contribution in [0.1, 0.15) is 18.1 Å². The molecule has 34 heavy (non-hydrogen) atoms. The SMILES string of the molecule is CCOCCNc1nc(F)c(-c2nn(Cc3ccc(C#N)cc3)c(=O)c3ccccc23)cc1Cl. The van der Waals surface area contributed by atoms with Crippen molar-refractivity contribution in [3.63, 3.8) is 0 Å². The van der Waals surface area contributed by atoms with Crippen LogP contribution in [0.5, 0.6) is 0 Å². The monoisotopic (exact) mass is 477 g/mol. The van der Waals surface area contributed by atoms with E-state index in [4.69, 9.17) is 21.6 Å². The number of nitriles is 1. The predicted octanol–water partition coefficient (Wildman–Crippen LogP) is 4.62. The molecule has 4 aromatic rings. The average molecular weight is 478 g/mol. The Morgan fingerprint density at radius 2 is 1.91 bits per heavy atom. The van der Waals surface area contributed by atoms with Crippen LogP contribution in [-0.2, 0) is 11.3 Å². The maximum Gasteiger partial charge on any atom is 0.274 e. The quantitative estimate of drug-likeness (QED) is 0.294. The Morgan fingerprint density at radius 3 is 2.62 bits per heavy atom. The molecule has 0 aliphatic rings. The van der Waals surface area contributed by atoms with Crippen LogP contribution in [0.2, 0.25) is 5.02 Å². The Balaban J connectivity index is 1.77. The van der Waals surface area contributed by atoms with Gasteiger partial charge in [-0.15, -0.1) is 0 Å². The minimum atomic E-state index is -0.760. The molecule has 0 fully saturated rings. The number of fused-ring (bicyclic) bond motifs is 1. The third-order valence-electron chi connectivity index (χ3n) is 5.21. The molecule has 4 rings (SSSR count). The summed E-state index contributed by atoms with van der Waals surface area (Å²) in [6.07, 6.45) is 0. The minimum absolute atomic E-state index is 0.0881. The first kappa shape index (κ1) is 23.4. The van der Waals surface area contributed by atoms with Crippen LogP contribution in [0.25, 0.3) is 22.0 Å². The van der Waals surface area contributed by atoms with Gasteiger partial charge in [0.05, 0.1) is 40.8 Å². The van der Waals surface area contributed by atoms with E-state index in [1.54, 1.807) is 48.5 Å². The summed E-state index contributed by atoms with van der Waals surface area (Å²) in [5, 5.41) is 17.6. The Kier molecular flexibility index (Phi) is 7.16. The molecule has 0 saturated heterocycles. The molecule has 172 valence electrons. The molecule has 9 heteroatoms. The van der Waals surface area contributed by atoms with Gasteiger partial charge in [0.2, 0.25) is 5.95 Å². The fourth-order valence-electron chi connectivity index (χ4n) is 3.54. The minimum Gasteiger partial charge on any atom is -0.380 e. The largest absolute Gasteiger partial charge is 0.380 e. The molecule has 2 aromatic heterocycles. The topological polar surface area (TPSA) is 92.8 Å². The van der Waals surface area contributed by atoms with Crippen molar-refractivity contribution in [2.24, 2.45) is 0 Å². The molecule has 0 saturated carbocycles. The molecule has 0 amide bonds. The van der Waals surface area contributed by atoms with E-state index in [1.807, 2.05) is 6.92 Å². The zero-order valence-corrected chi connectivity index (χ0v) is 19.1. The van der Waals surface area contributed by atoms with Crippen LogP contribution in [0.15, 0.2) is 59.4 Å². The number of pyridine rings is 1. The van der Waals surface area contributed by atoms with Crippen molar-refractivity contribution < 1.29 is 9.13 Å². The molecule has 0 spiro atoms. The lowest BCUT2D eigenvalue weighted by atomic mass is 10.1. The third kappa shape index (κ3) is 4.91. The second-order valence-electron chi connectivity index (χ2n) is 7.45. The fraction of sp³-hybridized carbons (Fsp3) is 0.200. The summed E-state index contributed by atoms with van der Waals surface area (Å²) in [4.78, 5) is 17.1. The van der Waals surface area contributed by atoms with Crippen LogP contribution in [0.4, 0.5) is 10.2 Å². The molecule has 2 heterocycles. The number of rotatable bonds is 8. The van der Waals surface area contributed by atoms with E-state index in [0.717, 1.165) is 5.56 Å². The zero-order valence-electron chi connectivity index (χ0n) is 18.4. The lowest BCUT2D eigenvalue weighted by Gasteiger charge is -2.14. The molecular formula is C25H21ClFN5O2. The molecular weight excluding hydrogens is 457 g/mol. The number of hydrogen-bond donors (Lipinski definition) is 1. The summed E-state index contributed by atoms with van der Waals surface area (Å²) in [5.74, 6) is -0.553. The van der Waals surface area contributed by atoms with Crippen molar-refractivity contribution >= 4 is 28.2 Å². The van der Waals surface area contributed by atoms with E-state index in [-0.39, 0.29) is 34.2 Å². The summed E-state index contributed by atoms with van der Waals surface area (Å²) in [5.41, 5.74) is 1.33. The van der Waals surface area contributed by atoms with Gasteiger partial charge in [0, 0.05) is 18.5 Å². The maximum absolute atomic E-state index is 15.2. The Labute approximate surface area is 200 Å². The van der Waals surface area contributed by atoms with Crippen molar-refractivity contribution in [2.45, 2.75) is 13.5 Å². The van der Waals surface area contributed by atoms with Crippen molar-refractivity contribution in [3.8, 4) is 17.3 Å². The number of benzene rings is 2. The van der Waals surface area contributed by atoms with Crippen molar-refractivity contribution in [1.29, 1.82) is 5.26 Å². The van der Waals surface area contributed by atoms with E-state index in [0.29, 0.717) is 36.1 Å². The lowest BCUT2D eigenvalue weighted by molar-refractivity contribution is 0.158. The summed E-state index contributed by atoms with van der Waals surface area (Å²) in [6, 6.07) is 17.3. The molecule has 2 aromatic carbocycles. The zero-order chi connectivity index (χ0) is 24.1. The summed E-state index contributed by atoms with van der Waals surface area (Å²) >= 11 is 6.39. The van der Waals surface area contributed by atoms with E-state index >= 15 is 4.39 Å². The second-order valence-corrected chi connectivity index (χ2v) is 7.85. The molecule has 1 N–H and O–H groups in total. The van der Waals surface area contributed by atoms with Gasteiger partial charge in [0.25, 0.3) is 5.56 Å². The smallest absolute Gasteiger partial charge is 0.274 e. The highest BCUT2D eigenvalue weighted by Crippen LogP contribution is 2.31. The molecule has 0 atom stereocenters. The van der Waals surface area contributed by atoms with Gasteiger partial charge in [-0.1, -0.05) is 41.9 Å². The van der Waals surface area contributed by atoms with E-state index < -0.39 is 5.95 Å². The Hall–Kier alpha value is -3.80. The number of nitrogens with one attached hydrogen (secondary N) is 1. The molecule has 7 nitrogen and oxygen atoms in total. The van der Waals surface area contributed by atoms with Gasteiger partial charge in [0.1, 0.15) is 11.5 Å². The Morgan fingerprint density at radius 1 is 1.18 bits per heavy atom. The normalized spacial score (nSPS) is 10.9. The van der Waals surface area contributed by atoms with Gasteiger partial charge < -0.3 is 10.1 Å². The predicted molar refractivity (Wildman–Crippen MR) is 129 cm³/mol. The number of nitrogens with zero attached hydrogens (tertiary/aromatic N) is 4. The van der Waals surface area contributed by atoms with Crippen molar-refractivity contribution in [1.82, 2.24) is 14.8 Å². The maximum atomic E-state index is 15.2. The number of hydrogen-bond acceptors (Lipinski definition) is 6. The molecule has 0 bridgehead atoms.